The van der Waals surface area contributed by atoms with Crippen LogP contribution >= 0.6 is 0 Å². The van der Waals surface area contributed by atoms with Crippen molar-refractivity contribution in [3.05, 3.63) is 35.4 Å². The van der Waals surface area contributed by atoms with Gasteiger partial charge >= 0.3 is 0 Å². The highest BCUT2D eigenvalue weighted by Gasteiger charge is 2.08. The topological polar surface area (TPSA) is 87.5 Å². The van der Waals surface area contributed by atoms with E-state index in [4.69, 9.17) is 5.73 Å². The maximum absolute atomic E-state index is 12.0. The van der Waals surface area contributed by atoms with Crippen LogP contribution in [0, 0.1) is 0 Å². The van der Waals surface area contributed by atoms with Gasteiger partial charge in [-0.05, 0) is 38.7 Å². The van der Waals surface area contributed by atoms with Gasteiger partial charge < -0.3 is 21.3 Å². The fourth-order valence-electron chi connectivity index (χ4n) is 1.88. The van der Waals surface area contributed by atoms with Gasteiger partial charge in [0.15, 0.2) is 0 Å². The predicted octanol–water partition coefficient (Wildman–Crippen LogP) is 0.332. The van der Waals surface area contributed by atoms with E-state index in [-0.39, 0.29) is 17.9 Å². The molecule has 0 saturated heterocycles. The van der Waals surface area contributed by atoms with Crippen molar-refractivity contribution >= 4 is 11.8 Å². The van der Waals surface area contributed by atoms with Crippen LogP contribution in [0.15, 0.2) is 24.3 Å². The third-order valence-electron chi connectivity index (χ3n) is 3.03. The Hall–Kier alpha value is -1.92. The molecule has 0 saturated carbocycles. The van der Waals surface area contributed by atoms with E-state index in [0.29, 0.717) is 25.1 Å². The van der Waals surface area contributed by atoms with E-state index >= 15 is 0 Å². The molecule has 1 aromatic rings. The third-order valence-corrected chi connectivity index (χ3v) is 3.03. The quantitative estimate of drug-likeness (QED) is 0.646. The molecule has 0 aliphatic rings. The Labute approximate surface area is 132 Å². The molecule has 0 heterocycles. The van der Waals surface area contributed by atoms with Gasteiger partial charge in [-0.2, -0.15) is 0 Å². The molecule has 4 N–H and O–H groups in total. The van der Waals surface area contributed by atoms with E-state index in [0.717, 1.165) is 12.1 Å². The van der Waals surface area contributed by atoms with Crippen LogP contribution in [0.25, 0.3) is 0 Å². The van der Waals surface area contributed by atoms with Crippen molar-refractivity contribution in [2.75, 3.05) is 27.2 Å². The number of nitrogens with one attached hydrogen (secondary N) is 2. The van der Waals surface area contributed by atoms with Crippen LogP contribution in [0.1, 0.15) is 29.3 Å². The van der Waals surface area contributed by atoms with Gasteiger partial charge in [0.1, 0.15) is 0 Å². The third kappa shape index (κ3) is 7.19. The number of hydrogen-bond acceptors (Lipinski definition) is 4. The SMILES string of the molecule is CC(N)CC(=O)NCc1cccc(C(=O)NCCN(C)C)c1. The standard InChI is InChI=1S/C16H26N4O2/c1-12(17)9-15(21)19-11-13-5-4-6-14(10-13)16(22)18-7-8-20(2)3/h4-6,10,12H,7-9,11,17H2,1-3H3,(H,18,22)(H,19,21). The monoisotopic (exact) mass is 306 g/mol. The molecule has 2 amide bonds. The van der Waals surface area contributed by atoms with Gasteiger partial charge in [0, 0.05) is 37.7 Å². The van der Waals surface area contributed by atoms with E-state index in [2.05, 4.69) is 10.6 Å². The summed E-state index contributed by atoms with van der Waals surface area (Å²) in [6.07, 6.45) is 0.296. The molecule has 0 aliphatic carbocycles. The highest BCUT2D eigenvalue weighted by atomic mass is 16.2. The average molecular weight is 306 g/mol. The first-order valence-electron chi connectivity index (χ1n) is 7.42. The predicted molar refractivity (Wildman–Crippen MR) is 87.4 cm³/mol. The van der Waals surface area contributed by atoms with Gasteiger partial charge in [-0.25, -0.2) is 0 Å². The summed E-state index contributed by atoms with van der Waals surface area (Å²) in [5, 5.41) is 5.66. The second kappa shape index (κ2) is 9.17. The highest BCUT2D eigenvalue weighted by molar-refractivity contribution is 5.94. The first-order valence-corrected chi connectivity index (χ1v) is 7.42. The summed E-state index contributed by atoms with van der Waals surface area (Å²) in [5.74, 6) is -0.193. The lowest BCUT2D eigenvalue weighted by Crippen LogP contribution is -2.31. The van der Waals surface area contributed by atoms with E-state index in [1.807, 2.05) is 31.1 Å². The molecule has 1 atom stereocenters. The Morgan fingerprint density at radius 3 is 2.64 bits per heavy atom. The number of nitrogens with zero attached hydrogens (tertiary/aromatic N) is 1. The summed E-state index contributed by atoms with van der Waals surface area (Å²) >= 11 is 0. The summed E-state index contributed by atoms with van der Waals surface area (Å²) in [6, 6.07) is 7.08. The van der Waals surface area contributed by atoms with Crippen LogP contribution in [0.2, 0.25) is 0 Å². The van der Waals surface area contributed by atoms with Crippen molar-refractivity contribution in [1.29, 1.82) is 0 Å². The Kier molecular flexibility index (Phi) is 7.56. The van der Waals surface area contributed by atoms with E-state index < -0.39 is 0 Å². The first-order chi connectivity index (χ1) is 10.4. The zero-order valence-corrected chi connectivity index (χ0v) is 13.6. The van der Waals surface area contributed by atoms with Crippen molar-refractivity contribution in [2.45, 2.75) is 25.9 Å². The molecular weight excluding hydrogens is 280 g/mol. The van der Waals surface area contributed by atoms with E-state index in [1.165, 1.54) is 0 Å². The number of likely N-dealkylation sites (N-methyl/N-ethyl adjacent to an activating group) is 1. The van der Waals surface area contributed by atoms with Crippen molar-refractivity contribution in [2.24, 2.45) is 5.73 Å². The van der Waals surface area contributed by atoms with Crippen molar-refractivity contribution < 1.29 is 9.59 Å². The largest absolute Gasteiger partial charge is 0.352 e. The normalized spacial score (nSPS) is 12.0. The lowest BCUT2D eigenvalue weighted by Gasteiger charge is -2.11. The van der Waals surface area contributed by atoms with Gasteiger partial charge in [-0.3, -0.25) is 9.59 Å². The minimum Gasteiger partial charge on any atom is -0.352 e. The maximum Gasteiger partial charge on any atom is 0.251 e. The van der Waals surface area contributed by atoms with E-state index in [9.17, 15) is 9.59 Å². The fraction of sp³-hybridized carbons (Fsp3) is 0.500. The molecule has 22 heavy (non-hydrogen) atoms. The average Bonchev–Trinajstić information content (AvgIpc) is 2.44. The smallest absolute Gasteiger partial charge is 0.251 e. The molecule has 1 aromatic carbocycles. The number of amides is 2. The number of benzene rings is 1. The van der Waals surface area contributed by atoms with Crippen molar-refractivity contribution in [3.63, 3.8) is 0 Å². The fourth-order valence-corrected chi connectivity index (χ4v) is 1.88. The zero-order valence-electron chi connectivity index (χ0n) is 13.6. The lowest BCUT2D eigenvalue weighted by atomic mass is 10.1. The summed E-state index contributed by atoms with van der Waals surface area (Å²) in [7, 11) is 3.91. The van der Waals surface area contributed by atoms with Crippen LogP contribution in [-0.4, -0.2) is 49.9 Å². The van der Waals surface area contributed by atoms with Crippen LogP contribution in [0.4, 0.5) is 0 Å². The minimum absolute atomic E-state index is 0.0872. The van der Waals surface area contributed by atoms with E-state index in [1.54, 1.807) is 19.1 Å². The van der Waals surface area contributed by atoms with Crippen LogP contribution < -0.4 is 16.4 Å². The summed E-state index contributed by atoms with van der Waals surface area (Å²) in [4.78, 5) is 25.6. The molecule has 0 fully saturated rings. The Balaban J connectivity index is 2.51. The molecule has 6 heteroatoms. The van der Waals surface area contributed by atoms with Gasteiger partial charge in [-0.1, -0.05) is 12.1 Å². The number of nitrogens with two attached hydrogens (primary N) is 1. The van der Waals surface area contributed by atoms with Crippen LogP contribution in [0.3, 0.4) is 0 Å². The van der Waals surface area contributed by atoms with Gasteiger partial charge in [0.05, 0.1) is 0 Å². The second-order valence-electron chi connectivity index (χ2n) is 5.72. The van der Waals surface area contributed by atoms with Crippen LogP contribution in [0.5, 0.6) is 0 Å². The molecule has 122 valence electrons. The summed E-state index contributed by atoms with van der Waals surface area (Å²) < 4.78 is 0. The molecule has 1 unspecified atom stereocenters. The molecule has 0 radical (unpaired) electrons. The molecule has 0 spiro atoms. The van der Waals surface area contributed by atoms with Crippen LogP contribution in [-0.2, 0) is 11.3 Å². The maximum atomic E-state index is 12.0. The summed E-state index contributed by atoms with van der Waals surface area (Å²) in [6.45, 7) is 3.57. The Morgan fingerprint density at radius 1 is 1.27 bits per heavy atom. The Morgan fingerprint density at radius 2 is 2.00 bits per heavy atom. The number of rotatable bonds is 8. The molecule has 6 nitrogen and oxygen atoms in total. The lowest BCUT2D eigenvalue weighted by molar-refractivity contribution is -0.121. The molecule has 0 bridgehead atoms. The van der Waals surface area contributed by atoms with Gasteiger partial charge in [0.25, 0.3) is 5.91 Å². The molecular formula is C16H26N4O2. The number of carbonyl (C=O) groups excluding carboxylic acids is 2. The Bertz CT molecular complexity index is 501. The summed E-state index contributed by atoms with van der Waals surface area (Å²) in [5.41, 5.74) is 7.06. The molecule has 0 aromatic heterocycles. The number of carbonyl (C=O) groups is 2. The highest BCUT2D eigenvalue weighted by Crippen LogP contribution is 2.05. The van der Waals surface area contributed by atoms with Crippen molar-refractivity contribution in [1.82, 2.24) is 15.5 Å². The molecule has 0 aliphatic heterocycles. The van der Waals surface area contributed by atoms with Crippen molar-refractivity contribution in [3.8, 4) is 0 Å². The first kappa shape index (κ1) is 18.1. The van der Waals surface area contributed by atoms with Gasteiger partial charge in [0.2, 0.25) is 5.91 Å². The zero-order chi connectivity index (χ0) is 16.5. The minimum atomic E-state index is -0.159. The molecule has 1 rings (SSSR count). The van der Waals surface area contributed by atoms with Gasteiger partial charge in [-0.15, -0.1) is 0 Å². The number of hydrogen-bond donors (Lipinski definition) is 3. The second-order valence-corrected chi connectivity index (χ2v) is 5.72.